The summed E-state index contributed by atoms with van der Waals surface area (Å²) < 4.78 is 0. The molecule has 1 aromatic carbocycles. The van der Waals surface area contributed by atoms with Crippen molar-refractivity contribution in [1.82, 2.24) is 4.90 Å². The number of rotatable bonds is 2. The fourth-order valence-corrected chi connectivity index (χ4v) is 2.89. The first-order valence-corrected chi connectivity index (χ1v) is 7.01. The third kappa shape index (κ3) is 2.54. The lowest BCUT2D eigenvalue weighted by Gasteiger charge is -2.34. The van der Waals surface area contributed by atoms with Gasteiger partial charge in [-0.25, -0.2) is 0 Å². The third-order valence-corrected chi connectivity index (χ3v) is 3.88. The summed E-state index contributed by atoms with van der Waals surface area (Å²) in [5, 5.41) is 0. The van der Waals surface area contributed by atoms with Crippen molar-refractivity contribution in [1.29, 1.82) is 0 Å². The molecule has 2 nitrogen and oxygen atoms in total. The number of aryl methyl sites for hydroxylation is 1. The minimum Gasteiger partial charge on any atom is -0.338 e. The second-order valence-corrected chi connectivity index (χ2v) is 6.05. The molecule has 0 saturated heterocycles. The first-order valence-electron chi connectivity index (χ1n) is 6.10. The molecule has 0 spiro atoms. The maximum absolute atomic E-state index is 12.0. The van der Waals surface area contributed by atoms with Gasteiger partial charge >= 0.3 is 0 Å². The lowest BCUT2D eigenvalue weighted by molar-refractivity contribution is -0.131. The number of alkyl halides is 1. The molecule has 0 fully saturated rings. The van der Waals surface area contributed by atoms with E-state index in [0.717, 1.165) is 19.3 Å². The van der Waals surface area contributed by atoms with E-state index in [2.05, 4.69) is 40.2 Å². The minimum absolute atomic E-state index is 0.110. The Bertz CT molecular complexity index is 416. The summed E-state index contributed by atoms with van der Waals surface area (Å²) in [5.41, 5.74) is 2.72. The van der Waals surface area contributed by atoms with Gasteiger partial charge in [-0.05, 0) is 37.3 Å². The molecule has 0 saturated carbocycles. The normalized spacial score (nSPS) is 20.5. The van der Waals surface area contributed by atoms with Gasteiger partial charge in [0.05, 0.1) is 10.9 Å². The number of hydrogen-bond acceptors (Lipinski definition) is 1. The van der Waals surface area contributed by atoms with Crippen LogP contribution >= 0.6 is 15.9 Å². The maximum atomic E-state index is 12.0. The first-order chi connectivity index (χ1) is 8.11. The standard InChI is InChI=1S/C14H18BrNO/c1-10(15)14(17)16(2)13-9-5-7-11-6-3-4-8-12(11)13/h3-4,6,8,10,13H,5,7,9H2,1-2H3. The summed E-state index contributed by atoms with van der Waals surface area (Å²) in [6.45, 7) is 1.88. The van der Waals surface area contributed by atoms with E-state index in [-0.39, 0.29) is 16.8 Å². The van der Waals surface area contributed by atoms with Crippen LogP contribution in [0.3, 0.4) is 0 Å². The average molecular weight is 296 g/mol. The van der Waals surface area contributed by atoms with Crippen molar-refractivity contribution in [3.8, 4) is 0 Å². The lowest BCUT2D eigenvalue weighted by atomic mass is 9.87. The Morgan fingerprint density at radius 2 is 2.18 bits per heavy atom. The number of amides is 1. The Morgan fingerprint density at radius 3 is 2.88 bits per heavy atom. The zero-order valence-corrected chi connectivity index (χ0v) is 11.9. The zero-order chi connectivity index (χ0) is 12.4. The topological polar surface area (TPSA) is 20.3 Å². The van der Waals surface area contributed by atoms with Gasteiger partial charge < -0.3 is 4.90 Å². The van der Waals surface area contributed by atoms with Crippen LogP contribution < -0.4 is 0 Å². The van der Waals surface area contributed by atoms with Crippen molar-refractivity contribution in [3.63, 3.8) is 0 Å². The van der Waals surface area contributed by atoms with Crippen LogP contribution in [0.5, 0.6) is 0 Å². The quantitative estimate of drug-likeness (QED) is 0.767. The second-order valence-electron chi connectivity index (χ2n) is 4.67. The Hall–Kier alpha value is -0.830. The third-order valence-electron chi connectivity index (χ3n) is 3.49. The molecule has 0 radical (unpaired) electrons. The molecule has 2 atom stereocenters. The number of carbonyl (C=O) groups is 1. The van der Waals surface area contributed by atoms with E-state index in [9.17, 15) is 4.79 Å². The Labute approximate surface area is 111 Å². The first kappa shape index (κ1) is 12.6. The van der Waals surface area contributed by atoms with E-state index < -0.39 is 0 Å². The number of halogens is 1. The van der Waals surface area contributed by atoms with Crippen molar-refractivity contribution < 1.29 is 4.79 Å². The fourth-order valence-electron chi connectivity index (χ4n) is 2.56. The number of carbonyl (C=O) groups excluding carboxylic acids is 1. The van der Waals surface area contributed by atoms with Crippen molar-refractivity contribution in [2.24, 2.45) is 0 Å². The summed E-state index contributed by atoms with van der Waals surface area (Å²) in [6.07, 6.45) is 3.37. The molecule has 1 aliphatic carbocycles. The molecule has 1 aromatic rings. The highest BCUT2D eigenvalue weighted by Gasteiger charge is 2.27. The van der Waals surface area contributed by atoms with Crippen LogP contribution in [-0.2, 0) is 11.2 Å². The van der Waals surface area contributed by atoms with Gasteiger partial charge in [0, 0.05) is 7.05 Å². The van der Waals surface area contributed by atoms with Crippen molar-refractivity contribution in [2.75, 3.05) is 7.05 Å². The zero-order valence-electron chi connectivity index (χ0n) is 10.3. The van der Waals surface area contributed by atoms with E-state index in [1.807, 2.05) is 18.9 Å². The van der Waals surface area contributed by atoms with E-state index in [4.69, 9.17) is 0 Å². The SMILES string of the molecule is CC(Br)C(=O)N(C)C1CCCc2ccccc21. The Morgan fingerprint density at radius 1 is 1.47 bits per heavy atom. The van der Waals surface area contributed by atoms with E-state index in [1.165, 1.54) is 11.1 Å². The molecule has 2 rings (SSSR count). The van der Waals surface area contributed by atoms with Gasteiger partial charge in [-0.15, -0.1) is 0 Å². The molecule has 3 heteroatoms. The molecule has 92 valence electrons. The summed E-state index contributed by atoms with van der Waals surface area (Å²) in [6, 6.07) is 8.72. The van der Waals surface area contributed by atoms with Gasteiger partial charge in [-0.3, -0.25) is 4.79 Å². The van der Waals surface area contributed by atoms with Crippen LogP contribution in [0.2, 0.25) is 0 Å². The summed E-state index contributed by atoms with van der Waals surface area (Å²) in [4.78, 5) is 13.8. The summed E-state index contributed by atoms with van der Waals surface area (Å²) in [7, 11) is 1.91. The highest BCUT2D eigenvalue weighted by Crippen LogP contribution is 2.33. The van der Waals surface area contributed by atoms with Gasteiger partial charge in [-0.2, -0.15) is 0 Å². The molecule has 0 aromatic heterocycles. The average Bonchev–Trinajstić information content (AvgIpc) is 2.36. The van der Waals surface area contributed by atoms with Crippen LogP contribution in [0.25, 0.3) is 0 Å². The number of benzene rings is 1. The van der Waals surface area contributed by atoms with Gasteiger partial charge in [0.15, 0.2) is 0 Å². The Kier molecular flexibility index (Phi) is 3.87. The van der Waals surface area contributed by atoms with E-state index in [1.54, 1.807) is 0 Å². The van der Waals surface area contributed by atoms with Gasteiger partial charge in [-0.1, -0.05) is 40.2 Å². The van der Waals surface area contributed by atoms with Crippen LogP contribution in [0.15, 0.2) is 24.3 Å². The van der Waals surface area contributed by atoms with Crippen molar-refractivity contribution >= 4 is 21.8 Å². The smallest absolute Gasteiger partial charge is 0.236 e. The van der Waals surface area contributed by atoms with Crippen LogP contribution in [0, 0.1) is 0 Å². The number of hydrogen-bond donors (Lipinski definition) is 0. The monoisotopic (exact) mass is 295 g/mol. The van der Waals surface area contributed by atoms with Gasteiger partial charge in [0.25, 0.3) is 0 Å². The number of nitrogens with zero attached hydrogens (tertiary/aromatic N) is 1. The van der Waals surface area contributed by atoms with Crippen LogP contribution in [-0.4, -0.2) is 22.7 Å². The van der Waals surface area contributed by atoms with E-state index in [0.29, 0.717) is 0 Å². The molecule has 0 heterocycles. The molecule has 2 unspecified atom stereocenters. The second kappa shape index (κ2) is 5.21. The predicted octanol–water partition coefficient (Wildman–Crippen LogP) is 3.31. The Balaban J connectivity index is 2.26. The largest absolute Gasteiger partial charge is 0.338 e. The summed E-state index contributed by atoms with van der Waals surface area (Å²) in [5.74, 6) is 0.159. The molecule has 17 heavy (non-hydrogen) atoms. The molecule has 1 aliphatic rings. The van der Waals surface area contributed by atoms with Crippen LogP contribution in [0.4, 0.5) is 0 Å². The minimum atomic E-state index is -0.110. The molecule has 0 aliphatic heterocycles. The summed E-state index contributed by atoms with van der Waals surface area (Å²) >= 11 is 3.36. The van der Waals surface area contributed by atoms with Gasteiger partial charge in [0.2, 0.25) is 5.91 Å². The van der Waals surface area contributed by atoms with Crippen molar-refractivity contribution in [3.05, 3.63) is 35.4 Å². The fraction of sp³-hybridized carbons (Fsp3) is 0.500. The van der Waals surface area contributed by atoms with Crippen molar-refractivity contribution in [2.45, 2.75) is 37.1 Å². The molecular formula is C14H18BrNO. The van der Waals surface area contributed by atoms with E-state index >= 15 is 0 Å². The molecular weight excluding hydrogens is 278 g/mol. The molecule has 0 bridgehead atoms. The van der Waals surface area contributed by atoms with Crippen LogP contribution in [0.1, 0.15) is 36.9 Å². The highest BCUT2D eigenvalue weighted by molar-refractivity contribution is 9.10. The number of fused-ring (bicyclic) bond motifs is 1. The lowest BCUT2D eigenvalue weighted by Crippen LogP contribution is -2.36. The highest BCUT2D eigenvalue weighted by atomic mass is 79.9. The van der Waals surface area contributed by atoms with Gasteiger partial charge in [0.1, 0.15) is 0 Å². The predicted molar refractivity (Wildman–Crippen MR) is 73.3 cm³/mol. The molecule has 1 amide bonds. The maximum Gasteiger partial charge on any atom is 0.236 e. The molecule has 0 N–H and O–H groups in total.